The molecule has 3 rings (SSSR count). The summed E-state index contributed by atoms with van der Waals surface area (Å²) in [7, 11) is 5.26. The van der Waals surface area contributed by atoms with Gasteiger partial charge in [0.2, 0.25) is 0 Å². The van der Waals surface area contributed by atoms with Gasteiger partial charge in [-0.15, -0.1) is 0 Å². The van der Waals surface area contributed by atoms with Crippen LogP contribution in [0.2, 0.25) is 0 Å². The fraction of sp³-hybridized carbons (Fsp3) is 0.550. The first-order valence-corrected chi connectivity index (χ1v) is 9.20. The highest BCUT2D eigenvalue weighted by Gasteiger charge is 2.32. The van der Waals surface area contributed by atoms with E-state index >= 15 is 0 Å². The number of hydrogen-bond donors (Lipinski definition) is 0. The van der Waals surface area contributed by atoms with Gasteiger partial charge in [0.1, 0.15) is 11.4 Å². The van der Waals surface area contributed by atoms with Crippen molar-refractivity contribution in [1.82, 2.24) is 19.7 Å². The highest BCUT2D eigenvalue weighted by atomic mass is 16.5. The summed E-state index contributed by atoms with van der Waals surface area (Å²) in [5.41, 5.74) is 5.25. The summed E-state index contributed by atoms with van der Waals surface area (Å²) in [6, 6.07) is 0. The molecule has 2 atom stereocenters. The molecule has 0 bridgehead atoms. The first-order valence-electron chi connectivity index (χ1n) is 9.20. The Bertz CT molecular complexity index is 875. The summed E-state index contributed by atoms with van der Waals surface area (Å²) in [4.78, 5) is 19.4. The molecule has 0 saturated heterocycles. The third-order valence-electron chi connectivity index (χ3n) is 5.18. The standard InChI is InChI=1S/C20H28N4O3/c1-11-9-21-16(13(3)19(11)26-7)10-23(5)20(25)18-15-8-12(2)27-14(4)17(15)22-24(18)6/h9,12,14H,8,10H2,1-7H3/t12-,14+/m1/s1. The molecule has 146 valence electrons. The summed E-state index contributed by atoms with van der Waals surface area (Å²) in [6.45, 7) is 8.34. The van der Waals surface area contributed by atoms with Crippen molar-refractivity contribution < 1.29 is 14.3 Å². The molecule has 2 aromatic heterocycles. The van der Waals surface area contributed by atoms with Crippen LogP contribution >= 0.6 is 0 Å². The van der Waals surface area contributed by atoms with E-state index in [9.17, 15) is 4.79 Å². The molecule has 3 heterocycles. The van der Waals surface area contributed by atoms with Gasteiger partial charge in [-0.1, -0.05) is 0 Å². The van der Waals surface area contributed by atoms with Gasteiger partial charge in [-0.2, -0.15) is 5.10 Å². The van der Waals surface area contributed by atoms with Crippen molar-refractivity contribution in [3.05, 3.63) is 40.0 Å². The molecular formula is C20H28N4O3. The molecule has 0 saturated carbocycles. The Kier molecular flexibility index (Phi) is 5.24. The van der Waals surface area contributed by atoms with Gasteiger partial charge in [-0.25, -0.2) is 0 Å². The number of carbonyl (C=O) groups excluding carboxylic acids is 1. The third kappa shape index (κ3) is 3.43. The quantitative estimate of drug-likeness (QED) is 0.825. The first kappa shape index (κ1) is 19.4. The zero-order chi connectivity index (χ0) is 19.9. The summed E-state index contributed by atoms with van der Waals surface area (Å²) in [5, 5.41) is 4.54. The maximum atomic E-state index is 13.2. The van der Waals surface area contributed by atoms with E-state index in [4.69, 9.17) is 9.47 Å². The highest BCUT2D eigenvalue weighted by Crippen LogP contribution is 2.32. The van der Waals surface area contributed by atoms with Crippen molar-refractivity contribution in [2.24, 2.45) is 7.05 Å². The van der Waals surface area contributed by atoms with Crippen molar-refractivity contribution in [1.29, 1.82) is 0 Å². The van der Waals surface area contributed by atoms with Crippen LogP contribution in [0.1, 0.15) is 58.5 Å². The minimum atomic E-state index is -0.105. The van der Waals surface area contributed by atoms with E-state index in [-0.39, 0.29) is 18.1 Å². The summed E-state index contributed by atoms with van der Waals surface area (Å²) < 4.78 is 13.0. The minimum Gasteiger partial charge on any atom is -0.496 e. The normalized spacial score (nSPS) is 18.9. The van der Waals surface area contributed by atoms with Gasteiger partial charge in [-0.05, 0) is 27.7 Å². The molecule has 2 aromatic rings. The number of fused-ring (bicyclic) bond motifs is 1. The lowest BCUT2D eigenvalue weighted by Gasteiger charge is -2.25. The maximum Gasteiger partial charge on any atom is 0.272 e. The van der Waals surface area contributed by atoms with Crippen LogP contribution in [0, 0.1) is 13.8 Å². The molecule has 0 aliphatic carbocycles. The molecule has 0 N–H and O–H groups in total. The number of methoxy groups -OCH3 is 1. The Morgan fingerprint density at radius 2 is 2.11 bits per heavy atom. The largest absolute Gasteiger partial charge is 0.496 e. The second-order valence-electron chi connectivity index (χ2n) is 7.34. The number of carbonyl (C=O) groups is 1. The van der Waals surface area contributed by atoms with Crippen molar-refractivity contribution in [3.8, 4) is 5.75 Å². The lowest BCUT2D eigenvalue weighted by molar-refractivity contribution is -0.00713. The number of aryl methyl sites for hydroxylation is 2. The zero-order valence-corrected chi connectivity index (χ0v) is 17.2. The SMILES string of the molecule is COc1c(C)cnc(CN(C)C(=O)c2c3c(nn2C)[C@H](C)O[C@H](C)C3)c1C. The summed E-state index contributed by atoms with van der Waals surface area (Å²) >= 11 is 0. The smallest absolute Gasteiger partial charge is 0.272 e. The van der Waals surface area contributed by atoms with Crippen LogP contribution in [0.3, 0.4) is 0 Å². The number of amides is 1. The topological polar surface area (TPSA) is 69.5 Å². The van der Waals surface area contributed by atoms with Gasteiger partial charge in [0.25, 0.3) is 5.91 Å². The highest BCUT2D eigenvalue weighted by molar-refractivity contribution is 5.94. The molecule has 27 heavy (non-hydrogen) atoms. The molecule has 0 unspecified atom stereocenters. The Balaban J connectivity index is 1.90. The molecule has 0 fully saturated rings. The van der Waals surface area contributed by atoms with Gasteiger partial charge in [0, 0.05) is 43.4 Å². The Morgan fingerprint density at radius 3 is 2.78 bits per heavy atom. The van der Waals surface area contributed by atoms with Gasteiger partial charge in [0.05, 0.1) is 37.3 Å². The van der Waals surface area contributed by atoms with Gasteiger partial charge < -0.3 is 14.4 Å². The number of pyridine rings is 1. The fourth-order valence-electron chi connectivity index (χ4n) is 3.84. The molecule has 0 spiro atoms. The lowest BCUT2D eigenvalue weighted by Crippen LogP contribution is -2.31. The predicted octanol–water partition coefficient (Wildman–Crippen LogP) is 2.73. The van der Waals surface area contributed by atoms with E-state index in [1.54, 1.807) is 29.9 Å². The van der Waals surface area contributed by atoms with E-state index in [0.717, 1.165) is 33.8 Å². The van der Waals surface area contributed by atoms with E-state index in [0.29, 0.717) is 18.7 Å². The van der Waals surface area contributed by atoms with Crippen molar-refractivity contribution >= 4 is 5.91 Å². The Labute approximate surface area is 160 Å². The molecule has 0 aromatic carbocycles. The van der Waals surface area contributed by atoms with Crippen LogP contribution in [0.5, 0.6) is 5.75 Å². The predicted molar refractivity (Wildman–Crippen MR) is 102 cm³/mol. The molecule has 7 heteroatoms. The Hall–Kier alpha value is -2.41. The van der Waals surface area contributed by atoms with Crippen LogP contribution < -0.4 is 4.74 Å². The number of nitrogens with zero attached hydrogens (tertiary/aromatic N) is 4. The maximum absolute atomic E-state index is 13.2. The molecule has 7 nitrogen and oxygen atoms in total. The van der Waals surface area contributed by atoms with Crippen LogP contribution in [-0.2, 0) is 24.8 Å². The number of hydrogen-bond acceptors (Lipinski definition) is 5. The second kappa shape index (κ2) is 7.31. The Morgan fingerprint density at radius 1 is 1.41 bits per heavy atom. The van der Waals surface area contributed by atoms with Crippen molar-refractivity contribution in [2.45, 2.75) is 52.9 Å². The summed E-state index contributed by atoms with van der Waals surface area (Å²) in [6.07, 6.45) is 2.44. The number of aromatic nitrogens is 3. The van der Waals surface area contributed by atoms with Gasteiger partial charge in [-0.3, -0.25) is 14.5 Å². The lowest BCUT2D eigenvalue weighted by atomic mass is 9.99. The average Bonchev–Trinajstić information content (AvgIpc) is 2.93. The van der Waals surface area contributed by atoms with Gasteiger partial charge in [0.15, 0.2) is 0 Å². The number of ether oxygens (including phenoxy) is 2. The van der Waals surface area contributed by atoms with E-state index < -0.39 is 0 Å². The van der Waals surface area contributed by atoms with Crippen LogP contribution in [-0.4, -0.2) is 45.8 Å². The fourth-order valence-corrected chi connectivity index (χ4v) is 3.84. The number of rotatable bonds is 4. The van der Waals surface area contributed by atoms with E-state index in [1.807, 2.05) is 34.7 Å². The molecular weight excluding hydrogens is 344 g/mol. The molecule has 1 amide bonds. The zero-order valence-electron chi connectivity index (χ0n) is 17.2. The third-order valence-corrected chi connectivity index (χ3v) is 5.18. The first-order chi connectivity index (χ1) is 12.7. The molecule has 1 aliphatic rings. The van der Waals surface area contributed by atoms with Crippen molar-refractivity contribution in [3.63, 3.8) is 0 Å². The monoisotopic (exact) mass is 372 g/mol. The van der Waals surface area contributed by atoms with Crippen LogP contribution in [0.4, 0.5) is 0 Å². The van der Waals surface area contributed by atoms with Crippen LogP contribution in [0.15, 0.2) is 6.20 Å². The molecule has 0 radical (unpaired) electrons. The van der Waals surface area contributed by atoms with E-state index in [1.165, 1.54) is 0 Å². The van der Waals surface area contributed by atoms with Crippen molar-refractivity contribution in [2.75, 3.05) is 14.2 Å². The second-order valence-corrected chi connectivity index (χ2v) is 7.34. The minimum absolute atomic E-state index is 0.0618. The summed E-state index contributed by atoms with van der Waals surface area (Å²) in [5.74, 6) is 0.756. The van der Waals surface area contributed by atoms with Crippen LogP contribution in [0.25, 0.3) is 0 Å². The van der Waals surface area contributed by atoms with E-state index in [2.05, 4.69) is 10.1 Å². The molecule has 1 aliphatic heterocycles. The van der Waals surface area contributed by atoms with Gasteiger partial charge >= 0.3 is 0 Å². The average molecular weight is 372 g/mol.